The SMILES string of the molecule is C[C@@H](CCCc1nc2c3cc(F)cc(F)c3nc(N)n2n1)N(C)C(=O)CO. The van der Waals surface area contributed by atoms with E-state index in [1.54, 1.807) is 7.05 Å². The van der Waals surface area contributed by atoms with E-state index in [9.17, 15) is 13.6 Å². The molecule has 1 atom stereocenters. The second-order valence-corrected chi connectivity index (χ2v) is 6.42. The van der Waals surface area contributed by atoms with Crippen molar-refractivity contribution in [3.63, 3.8) is 0 Å². The lowest BCUT2D eigenvalue weighted by atomic mass is 10.1. The molecule has 1 aromatic carbocycles. The van der Waals surface area contributed by atoms with Gasteiger partial charge < -0.3 is 15.7 Å². The van der Waals surface area contributed by atoms with Crippen molar-refractivity contribution in [2.45, 2.75) is 32.2 Å². The summed E-state index contributed by atoms with van der Waals surface area (Å²) in [6, 6.07) is 1.84. The molecule has 0 fully saturated rings. The van der Waals surface area contributed by atoms with Crippen molar-refractivity contribution in [3.05, 3.63) is 29.6 Å². The number of nitrogen functional groups attached to an aromatic ring is 1. The topological polar surface area (TPSA) is 110 Å². The van der Waals surface area contributed by atoms with Gasteiger partial charge >= 0.3 is 0 Å². The number of fused-ring (bicyclic) bond motifs is 3. The Morgan fingerprint density at radius 3 is 2.81 bits per heavy atom. The molecule has 0 spiro atoms. The van der Waals surface area contributed by atoms with E-state index in [0.717, 1.165) is 12.1 Å². The summed E-state index contributed by atoms with van der Waals surface area (Å²) in [7, 11) is 1.63. The van der Waals surface area contributed by atoms with Gasteiger partial charge in [0.05, 0.1) is 5.39 Å². The molecule has 10 heteroatoms. The van der Waals surface area contributed by atoms with E-state index in [0.29, 0.717) is 25.1 Å². The minimum Gasteiger partial charge on any atom is -0.387 e. The first-order chi connectivity index (χ1) is 12.8. The van der Waals surface area contributed by atoms with Crippen molar-refractivity contribution in [2.24, 2.45) is 0 Å². The lowest BCUT2D eigenvalue weighted by Gasteiger charge is -2.23. The number of carbonyl (C=O) groups is 1. The van der Waals surface area contributed by atoms with Crippen LogP contribution in [0.3, 0.4) is 0 Å². The number of likely N-dealkylation sites (N-methyl/N-ethyl adjacent to an activating group) is 1. The Morgan fingerprint density at radius 2 is 2.11 bits per heavy atom. The van der Waals surface area contributed by atoms with Crippen LogP contribution in [-0.4, -0.2) is 55.2 Å². The predicted octanol–water partition coefficient (Wildman–Crippen LogP) is 1.30. The van der Waals surface area contributed by atoms with Gasteiger partial charge in [0.25, 0.3) is 0 Å². The minimum atomic E-state index is -0.811. The van der Waals surface area contributed by atoms with Crippen molar-refractivity contribution in [1.82, 2.24) is 24.5 Å². The quantitative estimate of drug-likeness (QED) is 0.669. The summed E-state index contributed by atoms with van der Waals surface area (Å²) in [4.78, 5) is 21.3. The minimum absolute atomic E-state index is 0.0385. The van der Waals surface area contributed by atoms with Crippen LogP contribution in [-0.2, 0) is 11.2 Å². The maximum atomic E-state index is 14.0. The Balaban J connectivity index is 1.82. The Kier molecular flexibility index (Phi) is 5.17. The number of aliphatic hydroxyl groups is 1. The smallest absolute Gasteiger partial charge is 0.248 e. The van der Waals surface area contributed by atoms with E-state index in [1.807, 2.05) is 6.92 Å². The summed E-state index contributed by atoms with van der Waals surface area (Å²) in [5.74, 6) is -1.47. The fourth-order valence-corrected chi connectivity index (χ4v) is 2.91. The lowest BCUT2D eigenvalue weighted by Crippen LogP contribution is -2.36. The van der Waals surface area contributed by atoms with Gasteiger partial charge in [-0.15, -0.1) is 5.10 Å². The molecule has 0 bridgehead atoms. The van der Waals surface area contributed by atoms with Crippen LogP contribution in [0.15, 0.2) is 12.1 Å². The van der Waals surface area contributed by atoms with E-state index in [-0.39, 0.29) is 34.4 Å². The largest absolute Gasteiger partial charge is 0.387 e. The van der Waals surface area contributed by atoms with Crippen LogP contribution in [0, 0.1) is 11.6 Å². The van der Waals surface area contributed by atoms with Gasteiger partial charge in [-0.25, -0.2) is 18.7 Å². The summed E-state index contributed by atoms with van der Waals surface area (Å²) in [5, 5.41) is 13.4. The number of aromatic nitrogens is 4. The maximum absolute atomic E-state index is 14.0. The molecule has 0 aliphatic carbocycles. The molecule has 144 valence electrons. The molecule has 3 N–H and O–H groups in total. The van der Waals surface area contributed by atoms with Crippen molar-refractivity contribution >= 4 is 28.4 Å². The highest BCUT2D eigenvalue weighted by Crippen LogP contribution is 2.23. The molecular weight excluding hydrogens is 358 g/mol. The Bertz CT molecular complexity index is 1010. The molecule has 0 unspecified atom stereocenters. The fourth-order valence-electron chi connectivity index (χ4n) is 2.91. The molecule has 27 heavy (non-hydrogen) atoms. The highest BCUT2D eigenvalue weighted by Gasteiger charge is 2.17. The highest BCUT2D eigenvalue weighted by atomic mass is 19.1. The van der Waals surface area contributed by atoms with E-state index in [2.05, 4.69) is 15.1 Å². The summed E-state index contributed by atoms with van der Waals surface area (Å²) in [6.45, 7) is 1.35. The molecule has 0 saturated carbocycles. The van der Waals surface area contributed by atoms with Gasteiger partial charge in [-0.05, 0) is 25.8 Å². The standard InChI is InChI=1S/C17H20F2N6O2/c1-9(24(2)14(27)8-26)4-3-5-13-21-16-11-6-10(18)7-12(19)15(11)22-17(20)25(16)23-13/h6-7,9,26H,3-5,8H2,1-2H3,(H2,20,22)/t9-/m0/s1. The van der Waals surface area contributed by atoms with Crippen molar-refractivity contribution in [2.75, 3.05) is 19.4 Å². The monoisotopic (exact) mass is 378 g/mol. The van der Waals surface area contributed by atoms with Gasteiger partial charge in [0.15, 0.2) is 17.3 Å². The molecule has 0 radical (unpaired) electrons. The number of nitrogens with zero attached hydrogens (tertiary/aromatic N) is 5. The fraction of sp³-hybridized carbons (Fsp3) is 0.412. The Labute approximate surface area is 153 Å². The Hall–Kier alpha value is -2.88. The molecule has 0 aliphatic heterocycles. The first-order valence-electron chi connectivity index (χ1n) is 8.48. The molecule has 2 aromatic heterocycles. The molecule has 8 nitrogen and oxygen atoms in total. The molecular formula is C17H20F2N6O2. The number of hydrogen-bond donors (Lipinski definition) is 2. The van der Waals surface area contributed by atoms with E-state index < -0.39 is 18.2 Å². The Morgan fingerprint density at radius 1 is 1.37 bits per heavy atom. The zero-order valence-corrected chi connectivity index (χ0v) is 15.0. The number of amides is 1. The van der Waals surface area contributed by atoms with Gasteiger partial charge in [-0.2, -0.15) is 4.52 Å². The number of carbonyl (C=O) groups excluding carboxylic acids is 1. The van der Waals surface area contributed by atoms with Crippen LogP contribution < -0.4 is 5.73 Å². The summed E-state index contributed by atoms with van der Waals surface area (Å²) in [6.07, 6.45) is 1.84. The van der Waals surface area contributed by atoms with Crippen molar-refractivity contribution in [1.29, 1.82) is 0 Å². The van der Waals surface area contributed by atoms with E-state index in [1.165, 1.54) is 9.42 Å². The van der Waals surface area contributed by atoms with Crippen molar-refractivity contribution in [3.8, 4) is 0 Å². The van der Waals surface area contributed by atoms with Gasteiger partial charge in [0, 0.05) is 25.6 Å². The first kappa shape index (κ1) is 18.9. The molecule has 3 rings (SSSR count). The van der Waals surface area contributed by atoms with Gasteiger partial charge in [-0.1, -0.05) is 0 Å². The number of aliphatic hydroxyl groups excluding tert-OH is 1. The van der Waals surface area contributed by atoms with E-state index >= 15 is 0 Å². The van der Waals surface area contributed by atoms with E-state index in [4.69, 9.17) is 10.8 Å². The number of benzene rings is 1. The molecule has 1 amide bonds. The van der Waals surface area contributed by atoms with Crippen LogP contribution in [0.4, 0.5) is 14.7 Å². The predicted molar refractivity (Wildman–Crippen MR) is 94.9 cm³/mol. The second kappa shape index (κ2) is 7.39. The average molecular weight is 378 g/mol. The van der Waals surface area contributed by atoms with Crippen molar-refractivity contribution < 1.29 is 18.7 Å². The third-order valence-corrected chi connectivity index (χ3v) is 4.58. The number of rotatable bonds is 6. The highest BCUT2D eigenvalue weighted by molar-refractivity contribution is 5.92. The van der Waals surface area contributed by atoms with Gasteiger partial charge in [0.1, 0.15) is 17.9 Å². The molecule has 0 saturated heterocycles. The van der Waals surface area contributed by atoms with Crippen LogP contribution in [0.5, 0.6) is 0 Å². The lowest BCUT2D eigenvalue weighted by molar-refractivity contribution is -0.134. The van der Waals surface area contributed by atoms with Crippen LogP contribution in [0.2, 0.25) is 0 Å². The first-order valence-corrected chi connectivity index (χ1v) is 8.48. The van der Waals surface area contributed by atoms with Gasteiger partial charge in [-0.3, -0.25) is 4.79 Å². The molecule has 0 aliphatic rings. The number of nitrogens with two attached hydrogens (primary N) is 1. The number of aryl methyl sites for hydroxylation is 1. The summed E-state index contributed by atoms with van der Waals surface area (Å²) < 4.78 is 28.8. The normalized spacial score (nSPS) is 12.6. The summed E-state index contributed by atoms with van der Waals surface area (Å²) in [5.41, 5.74) is 6.01. The molecule has 3 aromatic rings. The van der Waals surface area contributed by atoms with Crippen LogP contribution >= 0.6 is 0 Å². The average Bonchev–Trinajstić information content (AvgIpc) is 3.06. The maximum Gasteiger partial charge on any atom is 0.248 e. The second-order valence-electron chi connectivity index (χ2n) is 6.42. The summed E-state index contributed by atoms with van der Waals surface area (Å²) >= 11 is 0. The third-order valence-electron chi connectivity index (χ3n) is 4.58. The third kappa shape index (κ3) is 3.65. The van der Waals surface area contributed by atoms with Gasteiger partial charge in [0.2, 0.25) is 11.9 Å². The zero-order valence-electron chi connectivity index (χ0n) is 15.0. The number of anilines is 1. The zero-order chi connectivity index (χ0) is 19.7. The van der Waals surface area contributed by atoms with Crippen LogP contribution in [0.25, 0.3) is 16.6 Å². The number of hydrogen-bond acceptors (Lipinski definition) is 6. The van der Waals surface area contributed by atoms with Crippen LogP contribution in [0.1, 0.15) is 25.6 Å². The molecule has 2 heterocycles. The number of halogens is 2.